The number of hydrogen-bond donors (Lipinski definition) is 1. The van der Waals surface area contributed by atoms with Crippen molar-refractivity contribution in [1.29, 1.82) is 0 Å². The molecule has 0 atom stereocenters. The predicted octanol–water partition coefficient (Wildman–Crippen LogP) is 4.82. The fourth-order valence-corrected chi connectivity index (χ4v) is 3.57. The number of sulfonamides is 1. The average molecular weight is 392 g/mol. The minimum Gasteiger partial charge on any atom is -0.447 e. The summed E-state index contributed by atoms with van der Waals surface area (Å²) >= 11 is 3.22. The monoisotopic (exact) mass is 391 g/mol. The number of rotatable bonds is 4. The highest BCUT2D eigenvalue weighted by Gasteiger charge is 2.17. The van der Waals surface area contributed by atoms with Crippen molar-refractivity contribution in [3.05, 3.63) is 70.9 Å². The number of hydrogen-bond acceptors (Lipinski definition) is 3. The highest BCUT2D eigenvalue weighted by Crippen LogP contribution is 2.27. The predicted molar refractivity (Wildman–Crippen MR) is 93.8 cm³/mol. The van der Waals surface area contributed by atoms with E-state index in [1.807, 2.05) is 31.2 Å². The molecular weight excluding hydrogens is 378 g/mol. The molecule has 0 aliphatic carbocycles. The van der Waals surface area contributed by atoms with Crippen LogP contribution in [0.25, 0.3) is 11.1 Å². The summed E-state index contributed by atoms with van der Waals surface area (Å²) in [5.74, 6) is 0.160. The zero-order chi connectivity index (χ0) is 16.4. The van der Waals surface area contributed by atoms with Crippen molar-refractivity contribution < 1.29 is 12.8 Å². The fraction of sp³-hybridized carbons (Fsp3) is 0.0588. The summed E-state index contributed by atoms with van der Waals surface area (Å²) in [6.07, 6.45) is 1.41. The molecule has 0 bridgehead atoms. The van der Waals surface area contributed by atoms with E-state index < -0.39 is 10.0 Å². The zero-order valence-electron chi connectivity index (χ0n) is 12.3. The Bertz CT molecular complexity index is 913. The first kappa shape index (κ1) is 15.8. The second-order valence-electron chi connectivity index (χ2n) is 5.09. The first-order valence-electron chi connectivity index (χ1n) is 6.89. The quantitative estimate of drug-likeness (QED) is 0.693. The Balaban J connectivity index is 1.86. The molecule has 0 amide bonds. The molecule has 0 saturated heterocycles. The number of nitrogens with one attached hydrogen (secondary N) is 1. The van der Waals surface area contributed by atoms with Crippen molar-refractivity contribution in [3.8, 4) is 11.1 Å². The van der Waals surface area contributed by atoms with E-state index in [0.29, 0.717) is 4.47 Å². The van der Waals surface area contributed by atoms with Gasteiger partial charge < -0.3 is 4.42 Å². The standard InChI is InChI=1S/C17H14BrNO3S/c1-12-2-4-13(5-3-12)14-6-8-15(9-7-14)23(20,21)19-17-16(18)10-11-22-17/h2-11,19H,1H3. The maximum atomic E-state index is 12.4. The second kappa shape index (κ2) is 6.22. The van der Waals surface area contributed by atoms with E-state index in [2.05, 4.69) is 20.7 Å². The van der Waals surface area contributed by atoms with Crippen LogP contribution in [0.5, 0.6) is 0 Å². The van der Waals surface area contributed by atoms with Crippen molar-refractivity contribution in [3.63, 3.8) is 0 Å². The molecule has 0 aliphatic heterocycles. The van der Waals surface area contributed by atoms with Gasteiger partial charge in [0.05, 0.1) is 15.6 Å². The maximum Gasteiger partial charge on any atom is 0.264 e. The molecule has 1 heterocycles. The lowest BCUT2D eigenvalue weighted by Crippen LogP contribution is -2.12. The molecule has 2 aromatic carbocycles. The molecule has 6 heteroatoms. The van der Waals surface area contributed by atoms with Gasteiger partial charge in [-0.15, -0.1) is 0 Å². The van der Waals surface area contributed by atoms with Gasteiger partial charge in [0, 0.05) is 0 Å². The molecule has 23 heavy (non-hydrogen) atoms. The van der Waals surface area contributed by atoms with Crippen molar-refractivity contribution in [2.75, 3.05) is 4.72 Å². The average Bonchev–Trinajstić information content (AvgIpc) is 2.93. The largest absolute Gasteiger partial charge is 0.447 e. The van der Waals surface area contributed by atoms with Gasteiger partial charge >= 0.3 is 0 Å². The van der Waals surface area contributed by atoms with Gasteiger partial charge in [-0.05, 0) is 52.2 Å². The van der Waals surface area contributed by atoms with Gasteiger partial charge in [-0.1, -0.05) is 42.0 Å². The molecule has 0 fully saturated rings. The lowest BCUT2D eigenvalue weighted by molar-refractivity contribution is 0.575. The van der Waals surface area contributed by atoms with Crippen LogP contribution in [0.15, 0.2) is 74.6 Å². The lowest BCUT2D eigenvalue weighted by Gasteiger charge is -2.07. The van der Waals surface area contributed by atoms with Crippen LogP contribution in [-0.4, -0.2) is 8.42 Å². The zero-order valence-corrected chi connectivity index (χ0v) is 14.7. The van der Waals surface area contributed by atoms with Crippen molar-refractivity contribution in [2.45, 2.75) is 11.8 Å². The number of aryl methyl sites for hydroxylation is 1. The van der Waals surface area contributed by atoms with Gasteiger partial charge in [-0.3, -0.25) is 0 Å². The Labute approximate surface area is 143 Å². The van der Waals surface area contributed by atoms with Crippen LogP contribution in [0.2, 0.25) is 0 Å². The number of benzene rings is 2. The molecule has 1 N–H and O–H groups in total. The first-order chi connectivity index (χ1) is 11.0. The smallest absolute Gasteiger partial charge is 0.264 e. The second-order valence-corrected chi connectivity index (χ2v) is 7.63. The molecule has 0 radical (unpaired) electrons. The Kier molecular flexibility index (Phi) is 4.28. The molecule has 3 aromatic rings. The molecule has 0 saturated carbocycles. The highest BCUT2D eigenvalue weighted by molar-refractivity contribution is 9.10. The van der Waals surface area contributed by atoms with Gasteiger partial charge in [-0.25, -0.2) is 13.1 Å². The van der Waals surface area contributed by atoms with E-state index in [0.717, 1.165) is 11.1 Å². The highest BCUT2D eigenvalue weighted by atomic mass is 79.9. The summed E-state index contributed by atoms with van der Waals surface area (Å²) in [6.45, 7) is 2.03. The van der Waals surface area contributed by atoms with Gasteiger partial charge in [0.1, 0.15) is 0 Å². The van der Waals surface area contributed by atoms with E-state index in [1.54, 1.807) is 30.3 Å². The van der Waals surface area contributed by atoms with E-state index in [1.165, 1.54) is 11.8 Å². The Morgan fingerprint density at radius 1 is 0.913 bits per heavy atom. The summed E-state index contributed by atoms with van der Waals surface area (Å²) < 4.78 is 32.8. The van der Waals surface area contributed by atoms with Gasteiger partial charge in [0.25, 0.3) is 10.0 Å². The van der Waals surface area contributed by atoms with Gasteiger partial charge in [0.15, 0.2) is 0 Å². The Hall–Kier alpha value is -2.05. The molecular formula is C17H14BrNO3S. The normalized spacial score (nSPS) is 11.4. The maximum absolute atomic E-state index is 12.4. The number of anilines is 1. The number of furan rings is 1. The van der Waals surface area contributed by atoms with Crippen molar-refractivity contribution >= 4 is 31.8 Å². The lowest BCUT2D eigenvalue weighted by atomic mass is 10.0. The van der Waals surface area contributed by atoms with Crippen LogP contribution in [0.1, 0.15) is 5.56 Å². The van der Waals surface area contributed by atoms with Crippen LogP contribution in [-0.2, 0) is 10.0 Å². The molecule has 0 aliphatic rings. The molecule has 3 rings (SSSR count). The fourth-order valence-electron chi connectivity index (χ4n) is 2.12. The minimum absolute atomic E-state index is 0.160. The number of halogens is 1. The van der Waals surface area contributed by atoms with Crippen molar-refractivity contribution in [2.24, 2.45) is 0 Å². The summed E-state index contributed by atoms with van der Waals surface area (Å²) in [5, 5.41) is 0. The third-order valence-electron chi connectivity index (χ3n) is 3.39. The molecule has 118 valence electrons. The van der Waals surface area contributed by atoms with E-state index in [4.69, 9.17) is 4.42 Å². The summed E-state index contributed by atoms with van der Waals surface area (Å²) in [6, 6.07) is 16.4. The summed E-state index contributed by atoms with van der Waals surface area (Å²) in [4.78, 5) is 0.177. The van der Waals surface area contributed by atoms with Crippen LogP contribution in [0.3, 0.4) is 0 Å². The van der Waals surface area contributed by atoms with Gasteiger partial charge in [0.2, 0.25) is 5.88 Å². The van der Waals surface area contributed by atoms with Crippen LogP contribution >= 0.6 is 15.9 Å². The van der Waals surface area contributed by atoms with Crippen LogP contribution in [0, 0.1) is 6.92 Å². The van der Waals surface area contributed by atoms with Crippen molar-refractivity contribution in [1.82, 2.24) is 0 Å². The van der Waals surface area contributed by atoms with E-state index in [9.17, 15) is 8.42 Å². The third kappa shape index (κ3) is 3.48. The topological polar surface area (TPSA) is 59.3 Å². The van der Waals surface area contributed by atoms with Gasteiger partial charge in [-0.2, -0.15) is 0 Å². The Morgan fingerprint density at radius 3 is 2.00 bits per heavy atom. The van der Waals surface area contributed by atoms with Crippen LogP contribution in [0.4, 0.5) is 5.88 Å². The molecule has 0 spiro atoms. The SMILES string of the molecule is Cc1ccc(-c2ccc(S(=O)(=O)Nc3occc3Br)cc2)cc1. The molecule has 4 nitrogen and oxygen atoms in total. The molecule has 1 aromatic heterocycles. The van der Waals surface area contributed by atoms with E-state index >= 15 is 0 Å². The third-order valence-corrected chi connectivity index (χ3v) is 5.37. The Morgan fingerprint density at radius 2 is 1.48 bits per heavy atom. The first-order valence-corrected chi connectivity index (χ1v) is 9.16. The van der Waals surface area contributed by atoms with Crippen LogP contribution < -0.4 is 4.72 Å². The minimum atomic E-state index is -3.69. The molecule has 0 unspecified atom stereocenters. The summed E-state index contributed by atoms with van der Waals surface area (Å²) in [5.41, 5.74) is 3.19. The van der Waals surface area contributed by atoms with E-state index in [-0.39, 0.29) is 10.8 Å². The summed E-state index contributed by atoms with van der Waals surface area (Å²) in [7, 11) is -3.69.